The lowest BCUT2D eigenvalue weighted by Crippen LogP contribution is -1.88. The molecule has 68 valence electrons. The molecule has 0 nitrogen and oxygen atoms in total. The van der Waals surface area contributed by atoms with Crippen molar-refractivity contribution in [1.29, 1.82) is 0 Å². The van der Waals surface area contributed by atoms with Crippen LogP contribution in [0.3, 0.4) is 0 Å². The molecular formula is C15H9+. The Balaban J connectivity index is 2.31. The number of benzene rings is 2. The first-order valence-corrected chi connectivity index (χ1v) is 5.27. The molecule has 0 bridgehead atoms. The molecule has 2 aromatic rings. The quantitative estimate of drug-likeness (QED) is 0.555. The van der Waals surface area contributed by atoms with Crippen molar-refractivity contribution >= 4 is 22.4 Å². The van der Waals surface area contributed by atoms with Gasteiger partial charge in [0, 0.05) is 23.9 Å². The number of allylic oxidation sites excluding steroid dienone is 3. The first-order chi connectivity index (χ1) is 7.43. The maximum Gasteiger partial charge on any atom is 0.111 e. The Kier molecular flexibility index (Phi) is 1.16. The van der Waals surface area contributed by atoms with Gasteiger partial charge in [0.2, 0.25) is 0 Å². The fourth-order valence-electron chi connectivity index (χ4n) is 2.73. The summed E-state index contributed by atoms with van der Waals surface area (Å²) in [5, 5.41) is 2.82. The lowest BCUT2D eigenvalue weighted by atomic mass is 9.95. The van der Waals surface area contributed by atoms with Crippen LogP contribution in [-0.2, 0) is 6.42 Å². The minimum absolute atomic E-state index is 1.07. The van der Waals surface area contributed by atoms with Gasteiger partial charge in [-0.2, -0.15) is 0 Å². The van der Waals surface area contributed by atoms with E-state index in [-0.39, 0.29) is 0 Å². The summed E-state index contributed by atoms with van der Waals surface area (Å²) in [4.78, 5) is 0. The molecule has 2 aliphatic carbocycles. The molecule has 2 aliphatic rings. The third kappa shape index (κ3) is 0.806. The Bertz CT molecular complexity index is 642. The van der Waals surface area contributed by atoms with Crippen molar-refractivity contribution in [3.05, 3.63) is 59.2 Å². The van der Waals surface area contributed by atoms with Gasteiger partial charge in [0.05, 0.1) is 11.1 Å². The minimum atomic E-state index is 1.07. The molecule has 0 aromatic heterocycles. The van der Waals surface area contributed by atoms with Crippen LogP contribution in [0.15, 0.2) is 36.4 Å². The minimum Gasteiger partial charge on any atom is -0.0613 e. The number of hydrogen-bond donors (Lipinski definition) is 0. The summed E-state index contributed by atoms with van der Waals surface area (Å²) in [6, 6.07) is 11.0. The summed E-state index contributed by atoms with van der Waals surface area (Å²) in [5.74, 6) is 0. The van der Waals surface area contributed by atoms with E-state index < -0.39 is 0 Å². The topological polar surface area (TPSA) is 0 Å². The van der Waals surface area contributed by atoms with E-state index in [9.17, 15) is 0 Å². The van der Waals surface area contributed by atoms with Crippen LogP contribution in [0.2, 0.25) is 0 Å². The Labute approximate surface area is 88.5 Å². The maximum absolute atomic E-state index is 3.23. The van der Waals surface area contributed by atoms with Crippen molar-refractivity contribution < 1.29 is 0 Å². The van der Waals surface area contributed by atoms with Gasteiger partial charge in [0.25, 0.3) is 0 Å². The molecule has 0 amide bonds. The van der Waals surface area contributed by atoms with Gasteiger partial charge < -0.3 is 0 Å². The van der Waals surface area contributed by atoms with Crippen molar-refractivity contribution in [2.75, 3.05) is 0 Å². The third-order valence-electron chi connectivity index (χ3n) is 3.36. The second-order valence-electron chi connectivity index (χ2n) is 4.20. The van der Waals surface area contributed by atoms with Crippen molar-refractivity contribution in [3.8, 4) is 0 Å². The van der Waals surface area contributed by atoms with E-state index in [4.69, 9.17) is 0 Å². The van der Waals surface area contributed by atoms with Gasteiger partial charge in [0.1, 0.15) is 17.7 Å². The highest BCUT2D eigenvalue weighted by Crippen LogP contribution is 2.41. The van der Waals surface area contributed by atoms with Crippen molar-refractivity contribution in [2.24, 2.45) is 0 Å². The van der Waals surface area contributed by atoms with Crippen LogP contribution in [0.5, 0.6) is 0 Å². The molecule has 0 saturated carbocycles. The molecule has 0 unspecified atom stereocenters. The van der Waals surface area contributed by atoms with Gasteiger partial charge >= 0.3 is 0 Å². The van der Waals surface area contributed by atoms with E-state index in [0.29, 0.717) is 0 Å². The van der Waals surface area contributed by atoms with Crippen LogP contribution < -0.4 is 0 Å². The van der Waals surface area contributed by atoms with Crippen LogP contribution in [0.1, 0.15) is 16.7 Å². The summed E-state index contributed by atoms with van der Waals surface area (Å²) < 4.78 is 0. The van der Waals surface area contributed by atoms with Crippen LogP contribution in [0.4, 0.5) is 0 Å². The third-order valence-corrected chi connectivity index (χ3v) is 3.36. The number of hydrogen-bond acceptors (Lipinski definition) is 0. The second kappa shape index (κ2) is 2.36. The summed E-state index contributed by atoms with van der Waals surface area (Å²) in [6.07, 6.45) is 8.51. The standard InChI is InChI=1S/C15H9/c1-3-10-7-8-11-4-2-6-13-9-12(5-1)14(10)15(11)13/h1,3-8H,9H2/q+1. The van der Waals surface area contributed by atoms with Gasteiger partial charge in [-0.05, 0) is 17.0 Å². The van der Waals surface area contributed by atoms with Crippen LogP contribution >= 0.6 is 0 Å². The normalized spacial score (nSPS) is 15.3. The smallest absolute Gasteiger partial charge is 0.0613 e. The lowest BCUT2D eigenvalue weighted by molar-refractivity contribution is 1.37. The molecular weight excluding hydrogens is 180 g/mol. The van der Waals surface area contributed by atoms with Crippen LogP contribution in [0, 0.1) is 6.08 Å². The van der Waals surface area contributed by atoms with Gasteiger partial charge in [-0.1, -0.05) is 18.2 Å². The highest BCUT2D eigenvalue weighted by atomic mass is 14.2. The summed E-state index contributed by atoms with van der Waals surface area (Å²) >= 11 is 0. The second-order valence-corrected chi connectivity index (χ2v) is 4.20. The zero-order valence-corrected chi connectivity index (χ0v) is 8.25. The predicted octanol–water partition coefficient (Wildman–Crippen LogP) is 3.61. The van der Waals surface area contributed by atoms with E-state index >= 15 is 0 Å². The van der Waals surface area contributed by atoms with Crippen molar-refractivity contribution in [3.63, 3.8) is 0 Å². The molecule has 15 heavy (non-hydrogen) atoms. The molecule has 0 atom stereocenters. The molecule has 0 heteroatoms. The Morgan fingerprint density at radius 1 is 1.07 bits per heavy atom. The zero-order chi connectivity index (χ0) is 9.83. The molecule has 4 rings (SSSR count). The van der Waals surface area contributed by atoms with Crippen molar-refractivity contribution in [2.45, 2.75) is 6.42 Å². The van der Waals surface area contributed by atoms with Gasteiger partial charge in [-0.3, -0.25) is 0 Å². The molecule has 0 saturated heterocycles. The Morgan fingerprint density at radius 3 is 3.07 bits per heavy atom. The first-order valence-electron chi connectivity index (χ1n) is 5.27. The monoisotopic (exact) mass is 189 g/mol. The van der Waals surface area contributed by atoms with E-state index in [1.54, 1.807) is 0 Å². The molecule has 0 heterocycles. The summed E-state index contributed by atoms with van der Waals surface area (Å²) in [6.45, 7) is 0. The number of rotatable bonds is 0. The zero-order valence-electron chi connectivity index (χ0n) is 8.25. The SMILES string of the molecule is [C+]1=Cc2ccc3cccc4c3c2C(=C1)C4. The average Bonchev–Trinajstić information content (AvgIpc) is 2.66. The summed E-state index contributed by atoms with van der Waals surface area (Å²) in [7, 11) is 0. The fourth-order valence-corrected chi connectivity index (χ4v) is 2.73. The van der Waals surface area contributed by atoms with E-state index in [2.05, 4.69) is 48.6 Å². The highest BCUT2D eigenvalue weighted by Gasteiger charge is 2.29. The predicted molar refractivity (Wildman–Crippen MR) is 63.3 cm³/mol. The molecule has 0 fully saturated rings. The highest BCUT2D eigenvalue weighted by molar-refractivity contribution is 6.05. The van der Waals surface area contributed by atoms with Crippen LogP contribution in [0.25, 0.3) is 22.4 Å². The van der Waals surface area contributed by atoms with E-state index in [1.807, 2.05) is 0 Å². The molecule has 0 aliphatic heterocycles. The molecule has 0 radical (unpaired) electrons. The molecule has 0 N–H and O–H groups in total. The van der Waals surface area contributed by atoms with E-state index in [1.165, 1.54) is 33.0 Å². The Morgan fingerprint density at radius 2 is 2.07 bits per heavy atom. The lowest BCUT2D eigenvalue weighted by Gasteiger charge is -2.01. The Hall–Kier alpha value is -1.91. The molecule has 2 aromatic carbocycles. The van der Waals surface area contributed by atoms with Gasteiger partial charge in [-0.25, -0.2) is 0 Å². The maximum atomic E-state index is 3.23. The van der Waals surface area contributed by atoms with Gasteiger partial charge in [-0.15, -0.1) is 0 Å². The fraction of sp³-hybridized carbons (Fsp3) is 0.0667. The van der Waals surface area contributed by atoms with Crippen LogP contribution in [-0.4, -0.2) is 0 Å². The first kappa shape index (κ1) is 7.39. The van der Waals surface area contributed by atoms with Crippen molar-refractivity contribution in [1.82, 2.24) is 0 Å². The summed E-state index contributed by atoms with van der Waals surface area (Å²) in [5.41, 5.74) is 5.67. The molecule has 0 spiro atoms. The van der Waals surface area contributed by atoms with Gasteiger partial charge in [0.15, 0.2) is 0 Å². The largest absolute Gasteiger partial charge is 0.111 e. The van der Waals surface area contributed by atoms with E-state index in [0.717, 1.165) is 6.42 Å². The average molecular weight is 189 g/mol.